The third-order valence-corrected chi connectivity index (χ3v) is 5.27. The second-order valence-electron chi connectivity index (χ2n) is 8.56. The van der Waals surface area contributed by atoms with Crippen LogP contribution in [0.25, 0.3) is 0 Å². The third kappa shape index (κ3) is 15.2. The van der Waals surface area contributed by atoms with Crippen molar-refractivity contribution >= 4 is 18.0 Å². The Balaban J connectivity index is 2.21. The van der Waals surface area contributed by atoms with E-state index in [1.165, 1.54) is 38.5 Å². The zero-order valence-electron chi connectivity index (χ0n) is 19.8. The summed E-state index contributed by atoms with van der Waals surface area (Å²) in [5, 5.41) is 5.73. The monoisotopic (exact) mass is 435 g/mol. The maximum atomic E-state index is 12.5. The molecular formula is C23H45N7O. The predicted molar refractivity (Wildman–Crippen MR) is 131 cm³/mol. The highest BCUT2D eigenvalue weighted by Crippen LogP contribution is 2.10. The van der Waals surface area contributed by atoms with E-state index in [1.54, 1.807) is 0 Å². The van der Waals surface area contributed by atoms with Gasteiger partial charge in [0.05, 0.1) is 0 Å². The van der Waals surface area contributed by atoms with E-state index < -0.39 is 0 Å². The van der Waals surface area contributed by atoms with Gasteiger partial charge in [-0.15, -0.1) is 0 Å². The molecule has 0 aliphatic carbocycles. The van der Waals surface area contributed by atoms with Crippen molar-refractivity contribution in [1.29, 1.82) is 0 Å². The number of amides is 2. The first-order chi connectivity index (χ1) is 15.0. The van der Waals surface area contributed by atoms with Gasteiger partial charge in [0.15, 0.2) is 11.9 Å². The first-order valence-electron chi connectivity index (χ1n) is 12.0. The molecule has 178 valence electrons. The molecule has 8 nitrogen and oxygen atoms in total. The zero-order valence-corrected chi connectivity index (χ0v) is 19.8. The molecule has 0 aromatic rings. The van der Waals surface area contributed by atoms with E-state index in [1.807, 2.05) is 24.9 Å². The van der Waals surface area contributed by atoms with E-state index >= 15 is 0 Å². The number of nitrogens with one attached hydrogen (secondary N) is 2. The van der Waals surface area contributed by atoms with E-state index in [-0.39, 0.29) is 12.0 Å². The number of hydrogen-bond acceptors (Lipinski definition) is 4. The molecule has 1 aliphatic heterocycles. The Morgan fingerprint density at radius 1 is 1.06 bits per heavy atom. The Kier molecular flexibility index (Phi) is 15.1. The Hall–Kier alpha value is -2.25. The van der Waals surface area contributed by atoms with Gasteiger partial charge in [-0.05, 0) is 39.5 Å². The largest absolute Gasteiger partial charge is 0.370 e. The number of carbonyl (C=O) groups excluding carboxylic acids is 1. The highest BCUT2D eigenvalue weighted by atomic mass is 16.2. The van der Waals surface area contributed by atoms with Gasteiger partial charge in [0, 0.05) is 32.4 Å². The molecule has 0 saturated heterocycles. The summed E-state index contributed by atoms with van der Waals surface area (Å²) in [6.07, 6.45) is 15.5. The SMILES string of the molecule is CC(C)=CNC(N)=NCCCCCCCCN1CCCCCCCCN=C(N)NC1=O. The van der Waals surface area contributed by atoms with Crippen LogP contribution in [0.1, 0.15) is 90.9 Å². The summed E-state index contributed by atoms with van der Waals surface area (Å²) in [6.45, 7) is 7.03. The van der Waals surface area contributed by atoms with Crippen molar-refractivity contribution in [2.24, 2.45) is 21.5 Å². The minimum atomic E-state index is -0.113. The van der Waals surface area contributed by atoms with E-state index in [9.17, 15) is 4.79 Å². The molecule has 0 unspecified atom stereocenters. The van der Waals surface area contributed by atoms with Gasteiger partial charge in [0.1, 0.15) is 0 Å². The van der Waals surface area contributed by atoms with Crippen LogP contribution in [0.5, 0.6) is 0 Å². The van der Waals surface area contributed by atoms with Gasteiger partial charge in [-0.1, -0.05) is 56.9 Å². The minimum absolute atomic E-state index is 0.113. The van der Waals surface area contributed by atoms with Crippen LogP contribution in [0.15, 0.2) is 21.8 Å². The summed E-state index contributed by atoms with van der Waals surface area (Å²) in [5.41, 5.74) is 12.8. The molecule has 0 spiro atoms. The van der Waals surface area contributed by atoms with Crippen LogP contribution in [0.4, 0.5) is 4.79 Å². The Labute approximate surface area is 189 Å². The average Bonchev–Trinajstić information content (AvgIpc) is 2.74. The van der Waals surface area contributed by atoms with Crippen LogP contribution in [0, 0.1) is 0 Å². The topological polar surface area (TPSA) is 121 Å². The second-order valence-corrected chi connectivity index (χ2v) is 8.56. The van der Waals surface area contributed by atoms with Crippen molar-refractivity contribution in [3.05, 3.63) is 11.8 Å². The molecule has 6 N–H and O–H groups in total. The molecule has 0 atom stereocenters. The fraction of sp³-hybridized carbons (Fsp3) is 0.783. The van der Waals surface area contributed by atoms with Crippen molar-refractivity contribution < 1.29 is 4.79 Å². The van der Waals surface area contributed by atoms with E-state index in [4.69, 9.17) is 11.5 Å². The number of hydrogen-bond donors (Lipinski definition) is 4. The summed E-state index contributed by atoms with van der Waals surface area (Å²) in [4.78, 5) is 23.0. The van der Waals surface area contributed by atoms with Gasteiger partial charge in [0.2, 0.25) is 0 Å². The van der Waals surface area contributed by atoms with Gasteiger partial charge >= 0.3 is 6.03 Å². The fourth-order valence-corrected chi connectivity index (χ4v) is 3.45. The molecule has 0 fully saturated rings. The van der Waals surface area contributed by atoms with Crippen LogP contribution in [-0.4, -0.2) is 49.0 Å². The molecule has 1 rings (SSSR count). The number of guanidine groups is 2. The third-order valence-electron chi connectivity index (χ3n) is 5.27. The molecule has 0 saturated carbocycles. The summed E-state index contributed by atoms with van der Waals surface area (Å²) in [7, 11) is 0. The van der Waals surface area contributed by atoms with E-state index in [0.717, 1.165) is 63.7 Å². The summed E-state index contributed by atoms with van der Waals surface area (Å²) >= 11 is 0. The molecule has 0 aromatic heterocycles. The number of allylic oxidation sites excluding steroid dienone is 1. The minimum Gasteiger partial charge on any atom is -0.370 e. The van der Waals surface area contributed by atoms with Gasteiger partial charge in [-0.2, -0.15) is 0 Å². The molecule has 8 heteroatoms. The fourth-order valence-electron chi connectivity index (χ4n) is 3.45. The quantitative estimate of drug-likeness (QED) is 0.237. The molecule has 2 amide bonds. The molecule has 31 heavy (non-hydrogen) atoms. The molecule has 0 radical (unpaired) electrons. The van der Waals surface area contributed by atoms with Crippen LogP contribution < -0.4 is 22.1 Å². The predicted octanol–water partition coefficient (Wildman–Crippen LogP) is 3.84. The Morgan fingerprint density at radius 2 is 1.71 bits per heavy atom. The molecule has 1 heterocycles. The van der Waals surface area contributed by atoms with Crippen LogP contribution in [0.2, 0.25) is 0 Å². The molecular weight excluding hydrogens is 390 g/mol. The number of rotatable bonds is 10. The van der Waals surface area contributed by atoms with Gasteiger partial charge in [-0.25, -0.2) is 4.79 Å². The summed E-state index contributed by atoms with van der Waals surface area (Å²) in [5.74, 6) is 0.723. The van der Waals surface area contributed by atoms with Crippen LogP contribution in [-0.2, 0) is 0 Å². The highest BCUT2D eigenvalue weighted by molar-refractivity contribution is 5.95. The average molecular weight is 436 g/mol. The molecule has 0 aromatic carbocycles. The van der Waals surface area contributed by atoms with Crippen molar-refractivity contribution in [1.82, 2.24) is 15.5 Å². The Morgan fingerprint density at radius 3 is 2.45 bits per heavy atom. The first kappa shape index (κ1) is 26.8. The van der Waals surface area contributed by atoms with E-state index in [0.29, 0.717) is 12.5 Å². The number of carbonyl (C=O) groups is 1. The number of nitrogens with two attached hydrogens (primary N) is 2. The standard InChI is InChI=1S/C23H45N7O/c1-20(2)19-28-21(24)26-15-11-7-3-5-9-13-17-30-18-14-10-6-4-8-12-16-27-22(25)29-23(30)31/h19H,3-18H2,1-2H3,(H3,24,26,28)(H3,25,27,29,31). The number of aliphatic imine (C=N–C) groups is 2. The maximum Gasteiger partial charge on any atom is 0.324 e. The van der Waals surface area contributed by atoms with Crippen molar-refractivity contribution in [2.45, 2.75) is 90.9 Å². The van der Waals surface area contributed by atoms with Crippen molar-refractivity contribution in [2.75, 3.05) is 26.2 Å². The lowest BCUT2D eigenvalue weighted by molar-refractivity contribution is 0.200. The Bertz CT molecular complexity index is 582. The lowest BCUT2D eigenvalue weighted by atomic mass is 10.1. The van der Waals surface area contributed by atoms with Gasteiger partial charge in [0.25, 0.3) is 0 Å². The van der Waals surface area contributed by atoms with Crippen molar-refractivity contribution in [3.8, 4) is 0 Å². The number of nitrogens with zero attached hydrogens (tertiary/aromatic N) is 3. The van der Waals surface area contributed by atoms with Crippen molar-refractivity contribution in [3.63, 3.8) is 0 Å². The van der Waals surface area contributed by atoms with Crippen LogP contribution in [0.3, 0.4) is 0 Å². The normalized spacial score (nSPS) is 17.0. The first-order valence-corrected chi connectivity index (χ1v) is 12.0. The smallest absolute Gasteiger partial charge is 0.324 e. The lowest BCUT2D eigenvalue weighted by Crippen LogP contribution is -2.46. The summed E-state index contributed by atoms with van der Waals surface area (Å²) in [6, 6.07) is -0.113. The number of urea groups is 1. The van der Waals surface area contributed by atoms with E-state index in [2.05, 4.69) is 20.6 Å². The van der Waals surface area contributed by atoms with Crippen LogP contribution >= 0.6 is 0 Å². The highest BCUT2D eigenvalue weighted by Gasteiger charge is 2.14. The number of unbranched alkanes of at least 4 members (excludes halogenated alkanes) is 5. The second kappa shape index (κ2) is 17.4. The maximum absolute atomic E-state index is 12.5. The molecule has 0 bridgehead atoms. The zero-order chi connectivity index (χ0) is 22.7. The molecule has 1 aliphatic rings. The summed E-state index contributed by atoms with van der Waals surface area (Å²) < 4.78 is 0. The lowest BCUT2D eigenvalue weighted by Gasteiger charge is -2.23. The van der Waals surface area contributed by atoms with Gasteiger partial charge in [-0.3, -0.25) is 15.3 Å². The van der Waals surface area contributed by atoms with Gasteiger partial charge < -0.3 is 21.7 Å².